The summed E-state index contributed by atoms with van der Waals surface area (Å²) in [4.78, 5) is 69.9. The molecule has 5 amide bonds. The Morgan fingerprint density at radius 2 is 1.66 bits per heavy atom. The molecular weight excluding hydrogens is 646 g/mol. The number of nitrogens with two attached hydrogens (primary N) is 3. The molecule has 2 aromatic carbocycles. The minimum Gasteiger partial charge on any atom is -0.492 e. The van der Waals surface area contributed by atoms with E-state index in [0.29, 0.717) is 33.8 Å². The zero-order valence-electron chi connectivity index (χ0n) is 28.4. The van der Waals surface area contributed by atoms with E-state index in [2.05, 4.69) is 16.0 Å². The molecule has 5 atom stereocenters. The van der Waals surface area contributed by atoms with Crippen LogP contribution in [-0.4, -0.2) is 110 Å². The van der Waals surface area contributed by atoms with Crippen LogP contribution in [0.3, 0.4) is 0 Å². The zero-order valence-corrected chi connectivity index (χ0v) is 28.4. The summed E-state index contributed by atoms with van der Waals surface area (Å²) in [5.74, 6) is -1.98. The summed E-state index contributed by atoms with van der Waals surface area (Å²) in [6, 6.07) is 7.20. The maximum atomic E-state index is 14.2. The van der Waals surface area contributed by atoms with Crippen molar-refractivity contribution < 1.29 is 33.4 Å². The second-order valence-electron chi connectivity index (χ2n) is 12.3. The number of carbonyl (C=O) groups is 5. The van der Waals surface area contributed by atoms with Crippen LogP contribution in [0.15, 0.2) is 36.4 Å². The fraction of sp³-hybridized carbons (Fsp3) is 0.471. The third-order valence-corrected chi connectivity index (χ3v) is 8.58. The lowest BCUT2D eigenvalue weighted by atomic mass is 9.93. The molecule has 0 spiro atoms. The van der Waals surface area contributed by atoms with E-state index in [-0.39, 0.29) is 58.1 Å². The number of nitrogens with one attached hydrogen (secondary N) is 3. The number of nitriles is 1. The van der Waals surface area contributed by atoms with Gasteiger partial charge < -0.3 is 52.4 Å². The molecule has 0 aliphatic carbocycles. The Balaban J connectivity index is 1.92. The predicted molar refractivity (Wildman–Crippen MR) is 182 cm³/mol. The SMILES string of the molecule is CC(=O)N1C[C@@H](N)CC1C(=O)N(C)[C@@H]1C(=O)N[C@@H](C)C(=O)N[C@H](C(=O)NCC#N)Cc2ccc(OCCN)c(c2)-c2cc1ccc2OCCN. The van der Waals surface area contributed by atoms with Gasteiger partial charge in [-0.3, -0.25) is 24.0 Å². The molecule has 16 nitrogen and oxygen atoms in total. The van der Waals surface area contributed by atoms with Crippen LogP contribution in [0.5, 0.6) is 11.5 Å². The number of ether oxygens (including phenoxy) is 2. The molecule has 0 aromatic heterocycles. The lowest BCUT2D eigenvalue weighted by Crippen LogP contribution is -2.55. The molecule has 9 N–H and O–H groups in total. The smallest absolute Gasteiger partial charge is 0.248 e. The van der Waals surface area contributed by atoms with Crippen LogP contribution in [0.1, 0.15) is 37.4 Å². The van der Waals surface area contributed by atoms with E-state index in [1.165, 1.54) is 30.7 Å². The van der Waals surface area contributed by atoms with Gasteiger partial charge in [-0.25, -0.2) is 0 Å². The third-order valence-electron chi connectivity index (χ3n) is 8.58. The highest BCUT2D eigenvalue weighted by Crippen LogP contribution is 2.40. The van der Waals surface area contributed by atoms with Crippen LogP contribution in [0.2, 0.25) is 0 Å². The van der Waals surface area contributed by atoms with E-state index in [1.54, 1.807) is 36.4 Å². The van der Waals surface area contributed by atoms with Crippen molar-refractivity contribution in [1.29, 1.82) is 5.26 Å². The van der Waals surface area contributed by atoms with Gasteiger partial charge >= 0.3 is 0 Å². The summed E-state index contributed by atoms with van der Waals surface area (Å²) < 4.78 is 12.0. The normalized spacial score (nSPS) is 21.9. The molecule has 50 heavy (non-hydrogen) atoms. The van der Waals surface area contributed by atoms with Crippen molar-refractivity contribution in [2.45, 2.75) is 56.9 Å². The Hall–Kier alpha value is -5.24. The number of benzene rings is 2. The highest BCUT2D eigenvalue weighted by atomic mass is 16.5. The second kappa shape index (κ2) is 16.9. The number of hydrogen-bond acceptors (Lipinski definition) is 11. The third kappa shape index (κ3) is 8.67. The molecule has 2 aliphatic rings. The molecule has 2 aromatic rings. The fourth-order valence-electron chi connectivity index (χ4n) is 6.15. The van der Waals surface area contributed by atoms with E-state index in [9.17, 15) is 24.0 Å². The lowest BCUT2D eigenvalue weighted by Gasteiger charge is -2.33. The molecule has 1 fully saturated rings. The molecule has 4 bridgehead atoms. The predicted octanol–water partition coefficient (Wildman–Crippen LogP) is -1.34. The Morgan fingerprint density at radius 1 is 1.02 bits per heavy atom. The van der Waals surface area contributed by atoms with Crippen molar-refractivity contribution in [3.63, 3.8) is 0 Å². The average Bonchev–Trinajstić information content (AvgIpc) is 3.50. The molecule has 1 unspecified atom stereocenters. The Kier molecular flexibility index (Phi) is 12.7. The highest BCUT2D eigenvalue weighted by Gasteiger charge is 2.42. The van der Waals surface area contributed by atoms with Gasteiger partial charge in [0.1, 0.15) is 55.4 Å². The summed E-state index contributed by atoms with van der Waals surface area (Å²) in [5.41, 5.74) is 19.7. The van der Waals surface area contributed by atoms with E-state index < -0.39 is 53.8 Å². The highest BCUT2D eigenvalue weighted by molar-refractivity contribution is 5.96. The number of amides is 5. The largest absolute Gasteiger partial charge is 0.492 e. The van der Waals surface area contributed by atoms with Crippen LogP contribution in [-0.2, 0) is 30.4 Å². The number of hydrogen-bond donors (Lipinski definition) is 6. The summed E-state index contributed by atoms with van der Waals surface area (Å²) in [6.45, 7) is 3.50. The van der Waals surface area contributed by atoms with E-state index in [1.807, 2.05) is 6.07 Å². The molecule has 1 saturated heterocycles. The number of carbonyl (C=O) groups excluding carboxylic acids is 5. The molecule has 2 aliphatic heterocycles. The summed E-state index contributed by atoms with van der Waals surface area (Å²) >= 11 is 0. The van der Waals surface area contributed by atoms with Crippen molar-refractivity contribution in [1.82, 2.24) is 25.8 Å². The monoisotopic (exact) mass is 691 g/mol. The van der Waals surface area contributed by atoms with Crippen LogP contribution in [0, 0.1) is 11.3 Å². The van der Waals surface area contributed by atoms with E-state index in [0.717, 1.165) is 0 Å². The molecule has 4 rings (SSSR count). The molecular formula is C34H45N9O7. The second-order valence-corrected chi connectivity index (χ2v) is 12.3. The minimum absolute atomic E-state index is 0.0303. The number of rotatable bonds is 10. The molecule has 0 saturated carbocycles. The van der Waals surface area contributed by atoms with Crippen LogP contribution in [0.4, 0.5) is 0 Å². The van der Waals surface area contributed by atoms with Crippen molar-refractivity contribution in [2.75, 3.05) is 46.4 Å². The minimum atomic E-state index is -1.29. The van der Waals surface area contributed by atoms with E-state index >= 15 is 0 Å². The quantitative estimate of drug-likeness (QED) is 0.159. The van der Waals surface area contributed by atoms with Gasteiger partial charge in [0, 0.05) is 57.2 Å². The summed E-state index contributed by atoms with van der Waals surface area (Å²) in [6.07, 6.45) is 0.236. The topological polar surface area (TPSA) is 248 Å². The van der Waals surface area contributed by atoms with Gasteiger partial charge in [-0.2, -0.15) is 5.26 Å². The van der Waals surface area contributed by atoms with Crippen molar-refractivity contribution in [2.24, 2.45) is 17.2 Å². The van der Waals surface area contributed by atoms with Gasteiger partial charge in [-0.05, 0) is 48.7 Å². The number of likely N-dealkylation sites (N-methyl/N-ethyl adjacent to an activating group) is 1. The number of likely N-dealkylation sites (tertiary alicyclic amines) is 1. The Bertz CT molecular complexity index is 1650. The fourth-order valence-corrected chi connectivity index (χ4v) is 6.15. The van der Waals surface area contributed by atoms with Gasteiger partial charge in [0.15, 0.2) is 0 Å². The Morgan fingerprint density at radius 3 is 2.28 bits per heavy atom. The molecule has 2 heterocycles. The zero-order chi connectivity index (χ0) is 36.5. The van der Waals surface area contributed by atoms with Gasteiger partial charge in [0.2, 0.25) is 29.5 Å². The van der Waals surface area contributed by atoms with Gasteiger partial charge in [0.25, 0.3) is 0 Å². The van der Waals surface area contributed by atoms with Crippen molar-refractivity contribution in [3.05, 3.63) is 47.5 Å². The first-order chi connectivity index (χ1) is 23.9. The molecule has 268 valence electrons. The standard InChI is InChI=1S/C34H45N9O7/c1-19-31(45)41-26(32(46)39-11-8-35)15-21-4-6-28(49-12-9-36)24(14-21)25-16-22(5-7-29(25)50-13-10-37)30(33(47)40-19)42(3)34(48)27-17-23(38)18-43(27)20(2)44/h4-7,14,16,19,23,26-27,30H,9-13,15,17-18,36-38H2,1-3H3,(H,39,46)(H,40,47)(H,41,45)/t19-,23-,26-,27?,30-/m0/s1. The average molecular weight is 692 g/mol. The van der Waals surface area contributed by atoms with Crippen molar-refractivity contribution in [3.8, 4) is 28.7 Å². The van der Waals surface area contributed by atoms with Gasteiger partial charge in [0.05, 0.1) is 6.07 Å². The van der Waals surface area contributed by atoms with Gasteiger partial charge in [-0.15, -0.1) is 0 Å². The van der Waals surface area contributed by atoms with E-state index in [4.69, 9.17) is 31.9 Å². The first-order valence-corrected chi connectivity index (χ1v) is 16.4. The number of fused-ring (bicyclic) bond motifs is 5. The maximum absolute atomic E-state index is 14.2. The molecule has 16 heteroatoms. The summed E-state index contributed by atoms with van der Waals surface area (Å²) in [5, 5.41) is 16.9. The van der Waals surface area contributed by atoms with Gasteiger partial charge in [-0.1, -0.05) is 12.1 Å². The van der Waals surface area contributed by atoms with Crippen LogP contribution in [0.25, 0.3) is 11.1 Å². The first kappa shape index (κ1) is 37.6. The number of nitrogens with zero attached hydrogens (tertiary/aromatic N) is 3. The lowest BCUT2D eigenvalue weighted by molar-refractivity contribution is -0.146. The molecule has 0 radical (unpaired) electrons. The first-order valence-electron chi connectivity index (χ1n) is 16.4. The van der Waals surface area contributed by atoms with Crippen LogP contribution >= 0.6 is 0 Å². The maximum Gasteiger partial charge on any atom is 0.248 e. The van der Waals surface area contributed by atoms with Crippen LogP contribution < -0.4 is 42.6 Å². The Labute approximate surface area is 290 Å². The van der Waals surface area contributed by atoms with Crippen molar-refractivity contribution >= 4 is 29.5 Å². The summed E-state index contributed by atoms with van der Waals surface area (Å²) in [7, 11) is 1.45.